The number of rotatable bonds is 5. The summed E-state index contributed by atoms with van der Waals surface area (Å²) in [4.78, 5) is 11.8. The molecule has 1 aliphatic heterocycles. The maximum atomic E-state index is 11.8. The van der Waals surface area contributed by atoms with Gasteiger partial charge in [-0.1, -0.05) is 5.16 Å². The van der Waals surface area contributed by atoms with E-state index in [0.717, 1.165) is 29.2 Å². The summed E-state index contributed by atoms with van der Waals surface area (Å²) in [7, 11) is 0. The molecular formula is C13H20N2O3S. The molecule has 1 aliphatic rings. The number of hydrogen-bond acceptors (Lipinski definition) is 5. The normalized spacial score (nSPS) is 22.7. The Kier molecular flexibility index (Phi) is 4.52. The molecule has 0 spiro atoms. The molecule has 0 radical (unpaired) electrons. The monoisotopic (exact) mass is 284 g/mol. The Morgan fingerprint density at radius 3 is 2.95 bits per heavy atom. The first-order valence-electron chi connectivity index (χ1n) is 6.49. The van der Waals surface area contributed by atoms with Gasteiger partial charge in [-0.15, -0.1) is 0 Å². The predicted molar refractivity (Wildman–Crippen MR) is 74.2 cm³/mol. The van der Waals surface area contributed by atoms with Crippen molar-refractivity contribution in [2.24, 2.45) is 0 Å². The predicted octanol–water partition coefficient (Wildman–Crippen LogP) is 1.21. The van der Waals surface area contributed by atoms with E-state index in [4.69, 9.17) is 4.52 Å². The molecule has 1 aromatic rings. The van der Waals surface area contributed by atoms with Gasteiger partial charge in [0.2, 0.25) is 5.91 Å². The topological polar surface area (TPSA) is 75.4 Å². The first-order valence-corrected chi connectivity index (χ1v) is 7.64. The molecule has 0 aliphatic carbocycles. The third kappa shape index (κ3) is 3.73. The number of nitrogens with one attached hydrogen (secondary N) is 1. The van der Waals surface area contributed by atoms with Gasteiger partial charge in [0.1, 0.15) is 5.76 Å². The molecule has 0 aromatic carbocycles. The van der Waals surface area contributed by atoms with Gasteiger partial charge in [0.25, 0.3) is 0 Å². The van der Waals surface area contributed by atoms with E-state index in [2.05, 4.69) is 10.5 Å². The number of aryl methyl sites for hydroxylation is 2. The molecule has 2 heterocycles. The minimum Gasteiger partial charge on any atom is -0.387 e. The number of amides is 1. The molecule has 1 amide bonds. The van der Waals surface area contributed by atoms with Crippen LogP contribution < -0.4 is 5.32 Å². The summed E-state index contributed by atoms with van der Waals surface area (Å²) in [6, 6.07) is 0. The Morgan fingerprint density at radius 1 is 1.58 bits per heavy atom. The summed E-state index contributed by atoms with van der Waals surface area (Å²) in [5.74, 6) is 2.41. The van der Waals surface area contributed by atoms with Gasteiger partial charge in [-0.05, 0) is 32.4 Å². The van der Waals surface area contributed by atoms with Crippen molar-refractivity contribution in [2.45, 2.75) is 38.7 Å². The molecule has 1 atom stereocenters. The summed E-state index contributed by atoms with van der Waals surface area (Å²) in [5, 5.41) is 16.8. The van der Waals surface area contributed by atoms with Crippen molar-refractivity contribution in [1.29, 1.82) is 0 Å². The van der Waals surface area contributed by atoms with Crippen molar-refractivity contribution >= 4 is 17.7 Å². The van der Waals surface area contributed by atoms with E-state index in [1.54, 1.807) is 11.8 Å². The van der Waals surface area contributed by atoms with E-state index in [1.807, 2.05) is 13.8 Å². The molecule has 1 aromatic heterocycles. The number of nitrogens with zero attached hydrogens (tertiary/aromatic N) is 1. The average molecular weight is 284 g/mol. The average Bonchev–Trinajstić information content (AvgIpc) is 2.93. The van der Waals surface area contributed by atoms with Crippen LogP contribution in [0.1, 0.15) is 29.9 Å². The highest BCUT2D eigenvalue weighted by Gasteiger charge is 2.31. The molecule has 0 saturated carbocycles. The van der Waals surface area contributed by atoms with Crippen LogP contribution in [0.3, 0.4) is 0 Å². The van der Waals surface area contributed by atoms with Crippen LogP contribution in [0.2, 0.25) is 0 Å². The Labute approximate surface area is 117 Å². The van der Waals surface area contributed by atoms with Gasteiger partial charge >= 0.3 is 0 Å². The van der Waals surface area contributed by atoms with Gasteiger partial charge in [0.05, 0.1) is 11.3 Å². The molecule has 0 bridgehead atoms. The second kappa shape index (κ2) is 5.96. The first-order chi connectivity index (χ1) is 9.00. The van der Waals surface area contributed by atoms with Crippen molar-refractivity contribution in [3.8, 4) is 0 Å². The Hall–Kier alpha value is -1.01. The Bertz CT molecular complexity index is 433. The van der Waals surface area contributed by atoms with Crippen LogP contribution in [0.25, 0.3) is 0 Å². The third-order valence-corrected chi connectivity index (χ3v) is 4.71. The zero-order valence-corrected chi connectivity index (χ0v) is 12.2. The number of carbonyl (C=O) groups is 1. The molecule has 2 rings (SSSR count). The summed E-state index contributed by atoms with van der Waals surface area (Å²) in [6.07, 6.45) is 1.77. The minimum atomic E-state index is -0.719. The highest BCUT2D eigenvalue weighted by Crippen LogP contribution is 2.27. The van der Waals surface area contributed by atoms with E-state index in [-0.39, 0.29) is 5.91 Å². The van der Waals surface area contributed by atoms with Gasteiger partial charge in [0, 0.05) is 24.3 Å². The number of thioether (sulfide) groups is 1. The first kappa shape index (κ1) is 14.4. The lowest BCUT2D eigenvalue weighted by molar-refractivity contribution is -0.122. The van der Waals surface area contributed by atoms with E-state index < -0.39 is 5.60 Å². The highest BCUT2D eigenvalue weighted by atomic mass is 32.2. The van der Waals surface area contributed by atoms with Crippen molar-refractivity contribution < 1.29 is 14.4 Å². The molecule has 5 nitrogen and oxygen atoms in total. The molecule has 19 heavy (non-hydrogen) atoms. The molecule has 2 N–H and O–H groups in total. The van der Waals surface area contributed by atoms with Crippen molar-refractivity contribution in [3.63, 3.8) is 0 Å². The van der Waals surface area contributed by atoms with Crippen molar-refractivity contribution in [1.82, 2.24) is 10.5 Å². The third-order valence-electron chi connectivity index (χ3n) is 3.48. The van der Waals surface area contributed by atoms with Crippen LogP contribution in [-0.2, 0) is 11.2 Å². The number of carbonyl (C=O) groups excluding carboxylic acids is 1. The maximum absolute atomic E-state index is 11.8. The van der Waals surface area contributed by atoms with E-state index in [1.165, 1.54) is 0 Å². The van der Waals surface area contributed by atoms with E-state index >= 15 is 0 Å². The van der Waals surface area contributed by atoms with Gasteiger partial charge in [-0.25, -0.2) is 0 Å². The van der Waals surface area contributed by atoms with Gasteiger partial charge < -0.3 is 14.9 Å². The minimum absolute atomic E-state index is 0.0367. The fourth-order valence-corrected chi connectivity index (χ4v) is 3.48. The van der Waals surface area contributed by atoms with Crippen LogP contribution in [-0.4, -0.2) is 39.8 Å². The molecule has 6 heteroatoms. The lowest BCUT2D eigenvalue weighted by Gasteiger charge is -2.21. The number of hydrogen-bond donors (Lipinski definition) is 2. The molecule has 1 fully saturated rings. The van der Waals surface area contributed by atoms with Gasteiger partial charge in [-0.2, -0.15) is 11.8 Å². The highest BCUT2D eigenvalue weighted by molar-refractivity contribution is 7.99. The van der Waals surface area contributed by atoms with E-state index in [9.17, 15) is 9.90 Å². The standard InChI is InChI=1S/C13H20N2O3S/c1-9-11(10(2)18-15-9)3-4-12(16)14-7-13(17)5-6-19-8-13/h17H,3-8H2,1-2H3,(H,14,16). The second-order valence-electron chi connectivity index (χ2n) is 5.11. The summed E-state index contributed by atoms with van der Waals surface area (Å²) >= 11 is 1.73. The Morgan fingerprint density at radius 2 is 2.37 bits per heavy atom. The van der Waals surface area contributed by atoms with Crippen LogP contribution >= 0.6 is 11.8 Å². The smallest absolute Gasteiger partial charge is 0.220 e. The van der Waals surface area contributed by atoms with Crippen molar-refractivity contribution in [2.75, 3.05) is 18.1 Å². The fraction of sp³-hybridized carbons (Fsp3) is 0.692. The quantitative estimate of drug-likeness (QED) is 0.850. The van der Waals surface area contributed by atoms with E-state index in [0.29, 0.717) is 25.1 Å². The fourth-order valence-electron chi connectivity index (χ4n) is 2.18. The molecule has 1 saturated heterocycles. The molecule has 106 valence electrons. The van der Waals surface area contributed by atoms with Crippen LogP contribution in [0.5, 0.6) is 0 Å². The van der Waals surface area contributed by atoms with Gasteiger partial charge in [0.15, 0.2) is 0 Å². The van der Waals surface area contributed by atoms with Crippen LogP contribution in [0.15, 0.2) is 4.52 Å². The summed E-state index contributed by atoms with van der Waals surface area (Å²) < 4.78 is 5.06. The summed E-state index contributed by atoms with van der Waals surface area (Å²) in [6.45, 7) is 4.08. The lowest BCUT2D eigenvalue weighted by atomic mass is 10.0. The van der Waals surface area contributed by atoms with Crippen LogP contribution in [0.4, 0.5) is 0 Å². The lowest BCUT2D eigenvalue weighted by Crippen LogP contribution is -2.43. The number of aliphatic hydroxyl groups is 1. The zero-order chi connectivity index (χ0) is 13.9. The van der Waals surface area contributed by atoms with Crippen molar-refractivity contribution in [3.05, 3.63) is 17.0 Å². The van der Waals surface area contributed by atoms with Crippen LogP contribution in [0, 0.1) is 13.8 Å². The second-order valence-corrected chi connectivity index (χ2v) is 6.21. The summed E-state index contributed by atoms with van der Waals surface area (Å²) in [5.41, 5.74) is 1.13. The maximum Gasteiger partial charge on any atom is 0.220 e. The number of aromatic nitrogens is 1. The SMILES string of the molecule is Cc1noc(C)c1CCC(=O)NCC1(O)CCSC1. The molecular weight excluding hydrogens is 264 g/mol. The van der Waals surface area contributed by atoms with Gasteiger partial charge in [-0.3, -0.25) is 4.79 Å². The largest absolute Gasteiger partial charge is 0.387 e. The zero-order valence-electron chi connectivity index (χ0n) is 11.4. The molecule has 1 unspecified atom stereocenters. The Balaban J connectivity index is 1.76.